The van der Waals surface area contributed by atoms with Crippen molar-refractivity contribution in [2.75, 3.05) is 18.8 Å². The van der Waals surface area contributed by atoms with Crippen LogP contribution in [0, 0.1) is 6.92 Å². The molecule has 3 aromatic rings. The van der Waals surface area contributed by atoms with Gasteiger partial charge in [-0.15, -0.1) is 0 Å². The first kappa shape index (κ1) is 17.5. The van der Waals surface area contributed by atoms with E-state index in [0.29, 0.717) is 0 Å². The Morgan fingerprint density at radius 2 is 1.68 bits per heavy atom. The minimum Gasteiger partial charge on any atom is -0.399 e. The second-order valence-electron chi connectivity index (χ2n) is 6.74. The summed E-state index contributed by atoms with van der Waals surface area (Å²) in [6.45, 7) is 9.72. The maximum absolute atomic E-state index is 5.86. The number of fused-ring (bicyclic) bond motifs is 1. The molecule has 0 aliphatic heterocycles. The molecule has 0 spiro atoms. The highest BCUT2D eigenvalue weighted by molar-refractivity contribution is 5.68. The Hall–Kier alpha value is -2.33. The predicted molar refractivity (Wildman–Crippen MR) is 106 cm³/mol. The molecule has 0 saturated heterocycles. The number of rotatable bonds is 7. The third kappa shape index (κ3) is 3.85. The van der Waals surface area contributed by atoms with E-state index in [9.17, 15) is 0 Å². The fourth-order valence-electron chi connectivity index (χ4n) is 3.34. The lowest BCUT2D eigenvalue weighted by Crippen LogP contribution is -2.26. The number of hydrogen-bond acceptors (Lipinski definition) is 3. The van der Waals surface area contributed by atoms with Gasteiger partial charge in [0.2, 0.25) is 0 Å². The van der Waals surface area contributed by atoms with Gasteiger partial charge in [0.25, 0.3) is 0 Å². The summed E-state index contributed by atoms with van der Waals surface area (Å²) in [6, 6.07) is 12.3. The molecule has 0 atom stereocenters. The number of aromatic nitrogens is 2. The third-order valence-corrected chi connectivity index (χ3v) is 4.50. The molecule has 0 radical (unpaired) electrons. The van der Waals surface area contributed by atoms with Crippen molar-refractivity contribution in [1.82, 2.24) is 14.3 Å². The summed E-state index contributed by atoms with van der Waals surface area (Å²) < 4.78 is 2.25. The summed E-state index contributed by atoms with van der Waals surface area (Å²) in [5.74, 6) is 0. The zero-order chi connectivity index (χ0) is 17.8. The lowest BCUT2D eigenvalue weighted by molar-refractivity contribution is 0.263. The lowest BCUT2D eigenvalue weighted by atomic mass is 10.1. The second kappa shape index (κ2) is 7.70. The second-order valence-corrected chi connectivity index (χ2v) is 6.74. The number of hydrogen-bond donors (Lipinski definition) is 1. The smallest absolute Gasteiger partial charge is 0.137 e. The molecule has 4 heteroatoms. The standard InChI is InChI=1S/C21H28N4/c1-4-12-24(13-5-2)15-19-21(17-7-9-18(22)10-8-17)23-20-11-6-16(3)14-25(19)20/h6-11,14H,4-5,12-13,15,22H2,1-3H3. The summed E-state index contributed by atoms with van der Waals surface area (Å²) in [5.41, 5.74) is 12.3. The van der Waals surface area contributed by atoms with Crippen molar-refractivity contribution < 1.29 is 0 Å². The molecule has 2 heterocycles. The van der Waals surface area contributed by atoms with Crippen molar-refractivity contribution in [3.05, 3.63) is 53.9 Å². The van der Waals surface area contributed by atoms with Gasteiger partial charge in [-0.3, -0.25) is 4.90 Å². The van der Waals surface area contributed by atoms with E-state index < -0.39 is 0 Å². The van der Waals surface area contributed by atoms with Gasteiger partial charge in [0.15, 0.2) is 0 Å². The van der Waals surface area contributed by atoms with Gasteiger partial charge in [-0.1, -0.05) is 32.0 Å². The average Bonchev–Trinajstić information content (AvgIpc) is 2.94. The predicted octanol–water partition coefficient (Wildman–Crippen LogP) is 4.51. The summed E-state index contributed by atoms with van der Waals surface area (Å²) in [6.07, 6.45) is 4.51. The summed E-state index contributed by atoms with van der Waals surface area (Å²) in [5, 5.41) is 0. The SMILES string of the molecule is CCCN(CCC)Cc1c(-c2ccc(N)cc2)nc2ccc(C)cn12. The average molecular weight is 336 g/mol. The number of benzene rings is 1. The van der Waals surface area contributed by atoms with Crippen LogP contribution in [0.3, 0.4) is 0 Å². The minimum atomic E-state index is 0.781. The van der Waals surface area contributed by atoms with Crippen LogP contribution in [0.5, 0.6) is 0 Å². The molecule has 0 fully saturated rings. The van der Waals surface area contributed by atoms with Crippen molar-refractivity contribution in [3.8, 4) is 11.3 Å². The van der Waals surface area contributed by atoms with E-state index in [1.807, 2.05) is 12.1 Å². The van der Waals surface area contributed by atoms with Crippen molar-refractivity contribution >= 4 is 11.3 Å². The Morgan fingerprint density at radius 3 is 2.32 bits per heavy atom. The van der Waals surface area contributed by atoms with Gasteiger partial charge in [-0.25, -0.2) is 4.98 Å². The summed E-state index contributed by atoms with van der Waals surface area (Å²) >= 11 is 0. The normalized spacial score (nSPS) is 11.5. The van der Waals surface area contributed by atoms with E-state index >= 15 is 0 Å². The number of nitrogens with two attached hydrogens (primary N) is 1. The molecule has 0 aliphatic rings. The third-order valence-electron chi connectivity index (χ3n) is 4.50. The Bertz CT molecular complexity index is 827. The van der Waals surface area contributed by atoms with E-state index in [-0.39, 0.29) is 0 Å². The van der Waals surface area contributed by atoms with E-state index in [1.54, 1.807) is 0 Å². The molecular weight excluding hydrogens is 308 g/mol. The molecule has 0 amide bonds. The number of pyridine rings is 1. The van der Waals surface area contributed by atoms with Crippen LogP contribution in [0.1, 0.15) is 37.9 Å². The highest BCUT2D eigenvalue weighted by Gasteiger charge is 2.17. The molecule has 2 aromatic heterocycles. The first-order valence-electron chi connectivity index (χ1n) is 9.18. The van der Waals surface area contributed by atoms with Crippen molar-refractivity contribution in [1.29, 1.82) is 0 Å². The van der Waals surface area contributed by atoms with E-state index in [0.717, 1.165) is 55.1 Å². The van der Waals surface area contributed by atoms with Crippen LogP contribution in [-0.4, -0.2) is 27.4 Å². The summed E-state index contributed by atoms with van der Waals surface area (Å²) in [4.78, 5) is 7.44. The molecule has 132 valence electrons. The van der Waals surface area contributed by atoms with Gasteiger partial charge < -0.3 is 10.1 Å². The van der Waals surface area contributed by atoms with Crippen molar-refractivity contribution in [3.63, 3.8) is 0 Å². The minimum absolute atomic E-state index is 0.781. The summed E-state index contributed by atoms with van der Waals surface area (Å²) in [7, 11) is 0. The molecular formula is C21H28N4. The van der Waals surface area contributed by atoms with Gasteiger partial charge in [0.05, 0.1) is 11.4 Å². The zero-order valence-corrected chi connectivity index (χ0v) is 15.5. The van der Waals surface area contributed by atoms with Crippen LogP contribution in [0.2, 0.25) is 0 Å². The van der Waals surface area contributed by atoms with Gasteiger partial charge >= 0.3 is 0 Å². The first-order valence-corrected chi connectivity index (χ1v) is 9.18. The topological polar surface area (TPSA) is 46.6 Å². The number of aryl methyl sites for hydroxylation is 1. The Morgan fingerprint density at radius 1 is 1.00 bits per heavy atom. The van der Waals surface area contributed by atoms with Gasteiger partial charge in [-0.2, -0.15) is 0 Å². The molecule has 0 unspecified atom stereocenters. The number of nitrogen functional groups attached to an aromatic ring is 1. The van der Waals surface area contributed by atoms with Crippen LogP contribution >= 0.6 is 0 Å². The lowest BCUT2D eigenvalue weighted by Gasteiger charge is -2.21. The fourth-order valence-corrected chi connectivity index (χ4v) is 3.34. The fraction of sp³-hybridized carbons (Fsp3) is 0.381. The van der Waals surface area contributed by atoms with Crippen molar-refractivity contribution in [2.24, 2.45) is 0 Å². The van der Waals surface area contributed by atoms with Gasteiger partial charge in [0.1, 0.15) is 5.65 Å². The van der Waals surface area contributed by atoms with Crippen molar-refractivity contribution in [2.45, 2.75) is 40.2 Å². The van der Waals surface area contributed by atoms with Gasteiger partial charge in [0, 0.05) is 24.0 Å². The highest BCUT2D eigenvalue weighted by Crippen LogP contribution is 2.27. The monoisotopic (exact) mass is 336 g/mol. The maximum atomic E-state index is 5.86. The molecule has 0 saturated carbocycles. The Balaban J connectivity index is 2.10. The van der Waals surface area contributed by atoms with Crippen LogP contribution in [0.4, 0.5) is 5.69 Å². The van der Waals surface area contributed by atoms with Crippen LogP contribution in [0.25, 0.3) is 16.9 Å². The van der Waals surface area contributed by atoms with Crippen LogP contribution in [-0.2, 0) is 6.54 Å². The molecule has 2 N–H and O–H groups in total. The maximum Gasteiger partial charge on any atom is 0.137 e. The number of nitrogens with zero attached hydrogens (tertiary/aromatic N) is 3. The Kier molecular flexibility index (Phi) is 5.39. The zero-order valence-electron chi connectivity index (χ0n) is 15.5. The van der Waals surface area contributed by atoms with Crippen LogP contribution < -0.4 is 5.73 Å². The highest BCUT2D eigenvalue weighted by atomic mass is 15.1. The Labute approximate surface area is 150 Å². The quantitative estimate of drug-likeness (QED) is 0.646. The van der Waals surface area contributed by atoms with E-state index in [1.165, 1.54) is 11.3 Å². The largest absolute Gasteiger partial charge is 0.399 e. The first-order chi connectivity index (χ1) is 12.1. The molecule has 1 aromatic carbocycles. The molecule has 3 rings (SSSR count). The van der Waals surface area contributed by atoms with Crippen LogP contribution in [0.15, 0.2) is 42.6 Å². The van der Waals surface area contributed by atoms with E-state index in [2.05, 4.69) is 60.5 Å². The molecule has 0 bridgehead atoms. The molecule has 0 aliphatic carbocycles. The van der Waals surface area contributed by atoms with E-state index in [4.69, 9.17) is 10.7 Å². The molecule has 25 heavy (non-hydrogen) atoms. The molecule has 4 nitrogen and oxygen atoms in total. The number of anilines is 1. The van der Waals surface area contributed by atoms with Gasteiger partial charge in [-0.05, 0) is 56.6 Å². The number of imidazole rings is 1.